The molecule has 2 aromatic rings. The average Bonchev–Trinajstić information content (AvgIpc) is 3.08. The van der Waals surface area contributed by atoms with E-state index in [2.05, 4.69) is 41.7 Å². The third kappa shape index (κ3) is 3.58. The topological polar surface area (TPSA) is 51.2 Å². The number of nitrogens with zero attached hydrogens (tertiary/aromatic N) is 1. The van der Waals surface area contributed by atoms with Crippen LogP contribution in [0.15, 0.2) is 22.9 Å². The summed E-state index contributed by atoms with van der Waals surface area (Å²) in [5.74, 6) is -0.366. The van der Waals surface area contributed by atoms with Crippen LogP contribution >= 0.6 is 22.7 Å². The molecule has 0 saturated heterocycles. The molecule has 0 bridgehead atoms. The van der Waals surface area contributed by atoms with Gasteiger partial charge in [-0.05, 0) is 18.4 Å². The van der Waals surface area contributed by atoms with Gasteiger partial charge in [-0.1, -0.05) is 19.9 Å². The number of rotatable bonds is 6. The van der Waals surface area contributed by atoms with Crippen LogP contribution in [-0.2, 0) is 10.2 Å². The molecule has 0 fully saturated rings. The molecule has 0 radical (unpaired) electrons. The fourth-order valence-corrected chi connectivity index (χ4v) is 3.23. The van der Waals surface area contributed by atoms with Gasteiger partial charge in [0.2, 0.25) is 0 Å². The number of carbonyl (C=O) groups excluding carboxylic acids is 1. The summed E-state index contributed by atoms with van der Waals surface area (Å²) in [6, 6.07) is 4.20. The second-order valence-electron chi connectivity index (χ2n) is 4.97. The molecule has 0 aliphatic carbocycles. The Kier molecular flexibility index (Phi) is 4.77. The van der Waals surface area contributed by atoms with Gasteiger partial charge in [0, 0.05) is 22.2 Å². The maximum Gasteiger partial charge on any atom is 0.357 e. The maximum absolute atomic E-state index is 11.5. The van der Waals surface area contributed by atoms with Crippen LogP contribution in [0, 0.1) is 0 Å². The zero-order chi connectivity index (χ0) is 14.6. The number of ether oxygens (including phenoxy) is 1. The Labute approximate surface area is 126 Å². The molecule has 2 heterocycles. The predicted octanol–water partition coefficient (Wildman–Crippen LogP) is 3.77. The van der Waals surface area contributed by atoms with Crippen molar-refractivity contribution in [1.82, 2.24) is 4.98 Å². The highest BCUT2D eigenvalue weighted by molar-refractivity contribution is 7.13. The molecule has 4 nitrogen and oxygen atoms in total. The van der Waals surface area contributed by atoms with Gasteiger partial charge in [-0.3, -0.25) is 0 Å². The van der Waals surface area contributed by atoms with E-state index in [4.69, 9.17) is 4.74 Å². The van der Waals surface area contributed by atoms with Crippen LogP contribution in [0.2, 0.25) is 0 Å². The SMILES string of the molecule is CCOC(=O)c1csc(NCC(C)(C)c2cccs2)n1. The lowest BCUT2D eigenvalue weighted by molar-refractivity contribution is 0.0520. The Balaban J connectivity index is 1.96. The molecule has 0 unspecified atom stereocenters. The van der Waals surface area contributed by atoms with E-state index in [1.54, 1.807) is 23.6 Å². The predicted molar refractivity (Wildman–Crippen MR) is 83.9 cm³/mol. The molecule has 0 atom stereocenters. The van der Waals surface area contributed by atoms with E-state index in [-0.39, 0.29) is 11.4 Å². The number of thiazole rings is 1. The fourth-order valence-electron chi connectivity index (χ4n) is 1.70. The molecule has 0 saturated carbocycles. The van der Waals surface area contributed by atoms with Crippen LogP contribution in [-0.4, -0.2) is 24.1 Å². The molecule has 2 aromatic heterocycles. The minimum Gasteiger partial charge on any atom is -0.461 e. The standard InChI is InChI=1S/C14H18N2O2S2/c1-4-18-12(17)10-8-20-13(16-10)15-9-14(2,3)11-6-5-7-19-11/h5-8H,4,9H2,1-3H3,(H,15,16). The van der Waals surface area contributed by atoms with Crippen LogP contribution in [0.1, 0.15) is 36.1 Å². The highest BCUT2D eigenvalue weighted by Gasteiger charge is 2.22. The van der Waals surface area contributed by atoms with Crippen molar-refractivity contribution in [2.75, 3.05) is 18.5 Å². The van der Waals surface area contributed by atoms with Crippen molar-refractivity contribution in [2.24, 2.45) is 0 Å². The van der Waals surface area contributed by atoms with Gasteiger partial charge < -0.3 is 10.1 Å². The molecular formula is C14H18N2O2S2. The highest BCUT2D eigenvalue weighted by atomic mass is 32.1. The summed E-state index contributed by atoms with van der Waals surface area (Å²) in [4.78, 5) is 17.1. The first-order valence-electron chi connectivity index (χ1n) is 6.43. The number of hydrogen-bond donors (Lipinski definition) is 1. The summed E-state index contributed by atoms with van der Waals surface area (Å²) in [5.41, 5.74) is 0.400. The van der Waals surface area contributed by atoms with Gasteiger partial charge in [-0.25, -0.2) is 9.78 Å². The van der Waals surface area contributed by atoms with Crippen molar-refractivity contribution < 1.29 is 9.53 Å². The van der Waals surface area contributed by atoms with Crippen molar-refractivity contribution in [3.05, 3.63) is 33.5 Å². The highest BCUT2D eigenvalue weighted by Crippen LogP contribution is 2.28. The van der Waals surface area contributed by atoms with Crippen molar-refractivity contribution in [3.8, 4) is 0 Å². The van der Waals surface area contributed by atoms with Crippen LogP contribution in [0.5, 0.6) is 0 Å². The minimum absolute atomic E-state index is 0.0317. The number of aromatic nitrogens is 1. The van der Waals surface area contributed by atoms with E-state index in [0.717, 1.165) is 11.7 Å². The van der Waals surface area contributed by atoms with Gasteiger partial charge in [-0.15, -0.1) is 22.7 Å². The molecule has 6 heteroatoms. The summed E-state index contributed by atoms with van der Waals surface area (Å²) >= 11 is 3.17. The first-order valence-corrected chi connectivity index (χ1v) is 8.19. The van der Waals surface area contributed by atoms with Crippen molar-refractivity contribution in [2.45, 2.75) is 26.2 Å². The fraction of sp³-hybridized carbons (Fsp3) is 0.429. The molecule has 0 spiro atoms. The molecule has 1 N–H and O–H groups in total. The monoisotopic (exact) mass is 310 g/mol. The van der Waals surface area contributed by atoms with E-state index in [1.807, 2.05) is 0 Å². The van der Waals surface area contributed by atoms with Gasteiger partial charge >= 0.3 is 5.97 Å². The number of nitrogens with one attached hydrogen (secondary N) is 1. The molecular weight excluding hydrogens is 292 g/mol. The molecule has 20 heavy (non-hydrogen) atoms. The summed E-state index contributed by atoms with van der Waals surface area (Å²) < 4.78 is 4.92. The van der Waals surface area contributed by atoms with Gasteiger partial charge in [0.15, 0.2) is 10.8 Å². The lowest BCUT2D eigenvalue weighted by Crippen LogP contribution is -2.26. The average molecular weight is 310 g/mol. The largest absolute Gasteiger partial charge is 0.461 e. The molecule has 0 aliphatic rings. The minimum atomic E-state index is -0.366. The lowest BCUT2D eigenvalue weighted by Gasteiger charge is -2.23. The first kappa shape index (κ1) is 15.0. The van der Waals surface area contributed by atoms with Crippen LogP contribution in [0.4, 0.5) is 5.13 Å². The second kappa shape index (κ2) is 6.37. The summed E-state index contributed by atoms with van der Waals surface area (Å²) in [6.45, 7) is 7.29. The van der Waals surface area contributed by atoms with Gasteiger partial charge in [0.05, 0.1) is 6.61 Å². The number of hydrogen-bond acceptors (Lipinski definition) is 6. The Hall–Kier alpha value is -1.40. The number of esters is 1. The van der Waals surface area contributed by atoms with E-state index < -0.39 is 0 Å². The Morgan fingerprint density at radius 2 is 2.25 bits per heavy atom. The van der Waals surface area contributed by atoms with Crippen molar-refractivity contribution >= 4 is 33.8 Å². The summed E-state index contributed by atoms with van der Waals surface area (Å²) in [6.07, 6.45) is 0. The van der Waals surface area contributed by atoms with E-state index in [0.29, 0.717) is 12.3 Å². The normalized spacial score (nSPS) is 11.3. The van der Waals surface area contributed by atoms with Crippen molar-refractivity contribution in [1.29, 1.82) is 0 Å². The Morgan fingerprint density at radius 1 is 1.45 bits per heavy atom. The summed E-state index contributed by atoms with van der Waals surface area (Å²) in [7, 11) is 0. The van der Waals surface area contributed by atoms with Crippen molar-refractivity contribution in [3.63, 3.8) is 0 Å². The third-order valence-electron chi connectivity index (χ3n) is 2.86. The van der Waals surface area contributed by atoms with E-state index >= 15 is 0 Å². The van der Waals surface area contributed by atoms with Crippen LogP contribution < -0.4 is 5.32 Å². The zero-order valence-electron chi connectivity index (χ0n) is 11.8. The molecule has 2 rings (SSSR count). The molecule has 108 valence electrons. The van der Waals surface area contributed by atoms with Crippen LogP contribution in [0.3, 0.4) is 0 Å². The lowest BCUT2D eigenvalue weighted by atomic mass is 9.91. The third-order valence-corrected chi connectivity index (χ3v) is 4.89. The Morgan fingerprint density at radius 3 is 2.90 bits per heavy atom. The zero-order valence-corrected chi connectivity index (χ0v) is 13.4. The number of anilines is 1. The molecule has 0 aromatic carbocycles. The first-order chi connectivity index (χ1) is 9.53. The second-order valence-corrected chi connectivity index (χ2v) is 6.78. The van der Waals surface area contributed by atoms with Gasteiger partial charge in [0.25, 0.3) is 0 Å². The quantitative estimate of drug-likeness (QED) is 0.825. The molecule has 0 aliphatic heterocycles. The van der Waals surface area contributed by atoms with Crippen LogP contribution in [0.25, 0.3) is 0 Å². The summed E-state index contributed by atoms with van der Waals surface area (Å²) in [5, 5.41) is 7.85. The van der Waals surface area contributed by atoms with Gasteiger partial charge in [-0.2, -0.15) is 0 Å². The Bertz CT molecular complexity index is 562. The van der Waals surface area contributed by atoms with Gasteiger partial charge in [0.1, 0.15) is 0 Å². The maximum atomic E-state index is 11.5. The molecule has 0 amide bonds. The number of carbonyl (C=O) groups is 1. The van der Waals surface area contributed by atoms with E-state index in [9.17, 15) is 4.79 Å². The number of thiophene rings is 1. The smallest absolute Gasteiger partial charge is 0.357 e. The van der Waals surface area contributed by atoms with E-state index in [1.165, 1.54) is 16.2 Å².